The first-order valence-corrected chi connectivity index (χ1v) is 6.56. The summed E-state index contributed by atoms with van der Waals surface area (Å²) in [5, 5.41) is 5.43. The summed E-state index contributed by atoms with van der Waals surface area (Å²) in [7, 11) is 0. The van der Waals surface area contributed by atoms with Crippen LogP contribution in [-0.4, -0.2) is 17.4 Å². The van der Waals surface area contributed by atoms with Gasteiger partial charge in [-0.05, 0) is 44.9 Å². The van der Waals surface area contributed by atoms with E-state index in [0.717, 1.165) is 11.1 Å². The lowest BCUT2D eigenvalue weighted by molar-refractivity contribution is -0.123. The van der Waals surface area contributed by atoms with Crippen molar-refractivity contribution in [1.82, 2.24) is 10.6 Å². The Morgan fingerprint density at radius 1 is 1.15 bits per heavy atom. The summed E-state index contributed by atoms with van der Waals surface area (Å²) in [4.78, 5) is 23.5. The predicted octanol–water partition coefficient (Wildman–Crippen LogP) is 2.39. The normalized spacial score (nSPS) is 11.9. The minimum absolute atomic E-state index is 0.252. The molecule has 4 nitrogen and oxygen atoms in total. The van der Waals surface area contributed by atoms with Crippen molar-refractivity contribution in [3.63, 3.8) is 0 Å². The first-order valence-electron chi connectivity index (χ1n) is 6.56. The first kappa shape index (κ1) is 16.0. The second kappa shape index (κ2) is 6.37. The summed E-state index contributed by atoms with van der Waals surface area (Å²) in [5.74, 6) is -0.565. The second-order valence-electron chi connectivity index (χ2n) is 5.80. The van der Waals surface area contributed by atoms with E-state index in [-0.39, 0.29) is 23.1 Å². The maximum Gasteiger partial charge on any atom is 0.268 e. The van der Waals surface area contributed by atoms with Gasteiger partial charge in [0, 0.05) is 12.5 Å². The van der Waals surface area contributed by atoms with Crippen LogP contribution in [0.15, 0.2) is 30.0 Å². The Balaban J connectivity index is 3.09. The third kappa shape index (κ3) is 5.26. The quantitative estimate of drug-likeness (QED) is 0.831. The molecule has 0 bridgehead atoms. The van der Waals surface area contributed by atoms with Crippen LogP contribution in [0.2, 0.25) is 0 Å². The first-order chi connectivity index (χ1) is 9.19. The van der Waals surface area contributed by atoms with Gasteiger partial charge in [-0.3, -0.25) is 9.59 Å². The van der Waals surface area contributed by atoms with E-state index in [2.05, 4.69) is 10.6 Å². The average Bonchev–Trinajstić information content (AvgIpc) is 2.28. The van der Waals surface area contributed by atoms with Crippen molar-refractivity contribution in [2.24, 2.45) is 0 Å². The summed E-state index contributed by atoms with van der Waals surface area (Å²) in [6.07, 6.45) is 1.69. The Labute approximate surface area is 120 Å². The number of carbonyl (C=O) groups excluding carboxylic acids is 2. The maximum absolute atomic E-state index is 12.2. The molecule has 1 aromatic carbocycles. The summed E-state index contributed by atoms with van der Waals surface area (Å²) in [6, 6.07) is 7.69. The van der Waals surface area contributed by atoms with Gasteiger partial charge in [0.25, 0.3) is 5.91 Å². The molecule has 1 aromatic rings. The van der Waals surface area contributed by atoms with E-state index in [1.54, 1.807) is 6.08 Å². The van der Waals surface area contributed by atoms with Gasteiger partial charge in [-0.2, -0.15) is 0 Å². The van der Waals surface area contributed by atoms with Crippen molar-refractivity contribution in [1.29, 1.82) is 0 Å². The highest BCUT2D eigenvalue weighted by atomic mass is 16.2. The molecule has 2 N–H and O–H groups in total. The van der Waals surface area contributed by atoms with Gasteiger partial charge in [0.2, 0.25) is 5.91 Å². The Hall–Kier alpha value is -2.10. The van der Waals surface area contributed by atoms with Gasteiger partial charge < -0.3 is 10.6 Å². The molecule has 2 amide bonds. The van der Waals surface area contributed by atoms with Gasteiger partial charge in [-0.15, -0.1) is 0 Å². The lowest BCUT2D eigenvalue weighted by atomic mass is 10.1. The molecule has 0 aliphatic rings. The topological polar surface area (TPSA) is 58.2 Å². The van der Waals surface area contributed by atoms with Crippen molar-refractivity contribution in [2.45, 2.75) is 40.2 Å². The van der Waals surface area contributed by atoms with Crippen molar-refractivity contribution in [3.8, 4) is 0 Å². The van der Waals surface area contributed by atoms with Crippen LogP contribution in [0.3, 0.4) is 0 Å². The van der Waals surface area contributed by atoms with Crippen molar-refractivity contribution < 1.29 is 9.59 Å². The molecule has 0 saturated heterocycles. The average molecular weight is 274 g/mol. The monoisotopic (exact) mass is 274 g/mol. The minimum atomic E-state index is -0.361. The van der Waals surface area contributed by atoms with Crippen LogP contribution in [0.5, 0.6) is 0 Å². The van der Waals surface area contributed by atoms with Gasteiger partial charge in [0.15, 0.2) is 0 Å². The largest absolute Gasteiger partial charge is 0.346 e. The predicted molar refractivity (Wildman–Crippen MR) is 80.9 cm³/mol. The summed E-state index contributed by atoms with van der Waals surface area (Å²) in [5.41, 5.74) is 1.83. The van der Waals surface area contributed by atoms with Crippen LogP contribution in [0.4, 0.5) is 0 Å². The molecule has 1 rings (SSSR count). The molecule has 0 heterocycles. The number of carbonyl (C=O) groups is 2. The fourth-order valence-corrected chi connectivity index (χ4v) is 1.66. The van der Waals surface area contributed by atoms with E-state index >= 15 is 0 Å². The fraction of sp³-hybridized carbons (Fsp3) is 0.375. The Bertz CT molecular complexity index is 540. The third-order valence-corrected chi connectivity index (χ3v) is 2.53. The van der Waals surface area contributed by atoms with Crippen molar-refractivity contribution in [2.75, 3.05) is 0 Å². The number of nitrogens with one attached hydrogen (secondary N) is 2. The van der Waals surface area contributed by atoms with Crippen LogP contribution >= 0.6 is 0 Å². The van der Waals surface area contributed by atoms with E-state index in [0.29, 0.717) is 0 Å². The zero-order chi connectivity index (χ0) is 15.3. The van der Waals surface area contributed by atoms with Gasteiger partial charge in [0.05, 0.1) is 0 Å². The Morgan fingerprint density at radius 3 is 2.25 bits per heavy atom. The number of rotatable bonds is 3. The van der Waals surface area contributed by atoms with Gasteiger partial charge in [-0.1, -0.05) is 24.3 Å². The molecule has 0 radical (unpaired) electrons. The highest BCUT2D eigenvalue weighted by molar-refractivity contribution is 6.01. The SMILES string of the molecule is CC(=O)N/C(=C\c1ccccc1C)C(=O)NC(C)(C)C. The zero-order valence-corrected chi connectivity index (χ0v) is 12.7. The molecule has 20 heavy (non-hydrogen) atoms. The summed E-state index contributed by atoms with van der Waals surface area (Å²) < 4.78 is 0. The zero-order valence-electron chi connectivity index (χ0n) is 12.7. The van der Waals surface area contributed by atoms with Gasteiger partial charge >= 0.3 is 0 Å². The Kier molecular flexibility index (Phi) is 5.08. The maximum atomic E-state index is 12.2. The molecule has 4 heteroatoms. The van der Waals surface area contributed by atoms with Crippen LogP contribution in [0.25, 0.3) is 6.08 Å². The second-order valence-corrected chi connectivity index (χ2v) is 5.80. The lowest BCUT2D eigenvalue weighted by Gasteiger charge is -2.21. The summed E-state index contributed by atoms with van der Waals surface area (Å²) in [6.45, 7) is 9.02. The van der Waals surface area contributed by atoms with Crippen molar-refractivity contribution >= 4 is 17.9 Å². The molecular weight excluding hydrogens is 252 g/mol. The molecule has 0 unspecified atom stereocenters. The standard InChI is InChI=1S/C16H22N2O2/c1-11-8-6-7-9-13(11)10-14(17-12(2)19)15(20)18-16(3,4)5/h6-10H,1-5H3,(H,17,19)(H,18,20)/b14-10-. The Morgan fingerprint density at radius 2 is 1.75 bits per heavy atom. The van der Waals surface area contributed by atoms with Crippen LogP contribution in [0.1, 0.15) is 38.8 Å². The lowest BCUT2D eigenvalue weighted by Crippen LogP contribution is -2.44. The van der Waals surface area contributed by atoms with Crippen LogP contribution in [-0.2, 0) is 9.59 Å². The van der Waals surface area contributed by atoms with Gasteiger partial charge in [0.1, 0.15) is 5.70 Å². The molecule has 0 saturated carbocycles. The third-order valence-electron chi connectivity index (χ3n) is 2.53. The summed E-state index contributed by atoms with van der Waals surface area (Å²) >= 11 is 0. The highest BCUT2D eigenvalue weighted by Crippen LogP contribution is 2.12. The van der Waals surface area contributed by atoms with E-state index in [4.69, 9.17) is 0 Å². The van der Waals surface area contributed by atoms with E-state index < -0.39 is 0 Å². The number of hydrogen-bond donors (Lipinski definition) is 2. The number of aryl methyl sites for hydroxylation is 1. The number of benzene rings is 1. The van der Waals surface area contributed by atoms with E-state index in [1.165, 1.54) is 6.92 Å². The molecule has 0 spiro atoms. The molecule has 0 aromatic heterocycles. The minimum Gasteiger partial charge on any atom is -0.346 e. The molecule has 108 valence electrons. The van der Waals surface area contributed by atoms with Crippen LogP contribution in [0, 0.1) is 6.92 Å². The number of hydrogen-bond acceptors (Lipinski definition) is 2. The molecule has 0 aliphatic heterocycles. The highest BCUT2D eigenvalue weighted by Gasteiger charge is 2.18. The molecule has 0 atom stereocenters. The van der Waals surface area contributed by atoms with E-state index in [9.17, 15) is 9.59 Å². The smallest absolute Gasteiger partial charge is 0.268 e. The molecule has 0 aliphatic carbocycles. The fourth-order valence-electron chi connectivity index (χ4n) is 1.66. The molecular formula is C16H22N2O2. The van der Waals surface area contributed by atoms with Crippen LogP contribution < -0.4 is 10.6 Å². The molecule has 0 fully saturated rings. The van der Waals surface area contributed by atoms with Crippen molar-refractivity contribution in [3.05, 3.63) is 41.1 Å². The van der Waals surface area contributed by atoms with Gasteiger partial charge in [-0.25, -0.2) is 0 Å². The number of amides is 2. The van der Waals surface area contributed by atoms with E-state index in [1.807, 2.05) is 52.0 Å².